The van der Waals surface area contributed by atoms with E-state index in [1.54, 1.807) is 7.11 Å². The van der Waals surface area contributed by atoms with Gasteiger partial charge in [0, 0.05) is 42.5 Å². The molecule has 3 aromatic rings. The van der Waals surface area contributed by atoms with Crippen molar-refractivity contribution in [2.24, 2.45) is 5.92 Å². The third kappa shape index (κ3) is 5.67. The number of nitrogens with one attached hydrogen (secondary N) is 1. The lowest BCUT2D eigenvalue weighted by atomic mass is 9.95. The van der Waals surface area contributed by atoms with Crippen LogP contribution in [-0.2, 0) is 17.9 Å². The van der Waals surface area contributed by atoms with Crippen LogP contribution in [0.1, 0.15) is 24.0 Å². The number of ether oxygens (including phenoxy) is 1. The SMILES string of the molecule is COc1ccc(CNC(=O)C2CCN(Cc3cnc(-c4ccccc4)nc3)CC2)cc1. The second-order valence-electron chi connectivity index (χ2n) is 7.90. The van der Waals surface area contributed by atoms with Gasteiger partial charge in [0.15, 0.2) is 5.82 Å². The molecule has 1 aliphatic rings. The van der Waals surface area contributed by atoms with Gasteiger partial charge in [-0.1, -0.05) is 42.5 Å². The molecule has 0 aliphatic carbocycles. The number of hydrogen-bond donors (Lipinski definition) is 1. The first-order valence-corrected chi connectivity index (χ1v) is 10.7. The third-order valence-electron chi connectivity index (χ3n) is 5.73. The predicted molar refractivity (Wildman–Crippen MR) is 120 cm³/mol. The topological polar surface area (TPSA) is 67.3 Å². The Kier molecular flexibility index (Phi) is 6.89. The fourth-order valence-electron chi connectivity index (χ4n) is 3.86. The Bertz CT molecular complexity index is 967. The molecule has 31 heavy (non-hydrogen) atoms. The average molecular weight is 417 g/mol. The fraction of sp³-hybridized carbons (Fsp3) is 0.320. The van der Waals surface area contributed by atoms with E-state index in [4.69, 9.17) is 4.74 Å². The van der Waals surface area contributed by atoms with E-state index < -0.39 is 0 Å². The van der Waals surface area contributed by atoms with E-state index in [-0.39, 0.29) is 11.8 Å². The van der Waals surface area contributed by atoms with Gasteiger partial charge in [0.25, 0.3) is 0 Å². The molecule has 160 valence electrons. The summed E-state index contributed by atoms with van der Waals surface area (Å²) in [6.45, 7) is 3.17. The highest BCUT2D eigenvalue weighted by atomic mass is 16.5. The van der Waals surface area contributed by atoms with E-state index in [0.717, 1.165) is 60.7 Å². The molecule has 0 saturated carbocycles. The maximum absolute atomic E-state index is 12.6. The Morgan fingerprint density at radius 2 is 1.68 bits per heavy atom. The zero-order chi connectivity index (χ0) is 21.5. The molecule has 0 atom stereocenters. The van der Waals surface area contributed by atoms with Gasteiger partial charge in [-0.05, 0) is 43.6 Å². The molecule has 4 rings (SSSR count). The molecule has 0 radical (unpaired) electrons. The number of amides is 1. The summed E-state index contributed by atoms with van der Waals surface area (Å²) in [5, 5.41) is 3.07. The normalized spacial score (nSPS) is 14.9. The molecule has 1 fully saturated rings. The maximum Gasteiger partial charge on any atom is 0.223 e. The van der Waals surface area contributed by atoms with Crippen molar-refractivity contribution in [3.8, 4) is 17.1 Å². The number of hydrogen-bond acceptors (Lipinski definition) is 5. The lowest BCUT2D eigenvalue weighted by molar-refractivity contribution is -0.126. The number of benzene rings is 2. The van der Waals surface area contributed by atoms with Crippen molar-refractivity contribution in [3.05, 3.63) is 78.1 Å². The van der Waals surface area contributed by atoms with Crippen molar-refractivity contribution >= 4 is 5.91 Å². The van der Waals surface area contributed by atoms with Crippen molar-refractivity contribution in [1.29, 1.82) is 0 Å². The molecule has 1 amide bonds. The lowest BCUT2D eigenvalue weighted by Crippen LogP contribution is -2.40. The van der Waals surface area contributed by atoms with Gasteiger partial charge in [0.05, 0.1) is 7.11 Å². The molecular formula is C25H28N4O2. The first-order chi connectivity index (χ1) is 15.2. The molecule has 6 heteroatoms. The van der Waals surface area contributed by atoms with E-state index in [1.807, 2.05) is 67.0 Å². The summed E-state index contributed by atoms with van der Waals surface area (Å²) in [4.78, 5) is 24.0. The van der Waals surface area contributed by atoms with E-state index in [9.17, 15) is 4.79 Å². The van der Waals surface area contributed by atoms with Crippen molar-refractivity contribution in [2.75, 3.05) is 20.2 Å². The van der Waals surface area contributed by atoms with E-state index in [2.05, 4.69) is 20.2 Å². The standard InChI is InChI=1S/C25H28N4O2/c1-31-23-9-7-19(8-10-23)15-28-25(30)22-11-13-29(14-12-22)18-20-16-26-24(27-17-20)21-5-3-2-4-6-21/h2-10,16-17,22H,11-15,18H2,1H3,(H,28,30). The summed E-state index contributed by atoms with van der Waals surface area (Å²) >= 11 is 0. The quantitative estimate of drug-likeness (QED) is 0.636. The number of aromatic nitrogens is 2. The lowest BCUT2D eigenvalue weighted by Gasteiger charge is -2.31. The van der Waals surface area contributed by atoms with Crippen LogP contribution in [0.5, 0.6) is 5.75 Å². The van der Waals surface area contributed by atoms with Crippen LogP contribution < -0.4 is 10.1 Å². The van der Waals surface area contributed by atoms with Crippen LogP contribution >= 0.6 is 0 Å². The van der Waals surface area contributed by atoms with Crippen LogP contribution in [0.2, 0.25) is 0 Å². The van der Waals surface area contributed by atoms with Gasteiger partial charge >= 0.3 is 0 Å². The van der Waals surface area contributed by atoms with Gasteiger partial charge in [0.1, 0.15) is 5.75 Å². The Morgan fingerprint density at radius 1 is 1.00 bits per heavy atom. The predicted octanol–water partition coefficient (Wildman–Crippen LogP) is 3.68. The summed E-state index contributed by atoms with van der Waals surface area (Å²) in [5.41, 5.74) is 3.20. The van der Waals surface area contributed by atoms with Crippen molar-refractivity contribution in [2.45, 2.75) is 25.9 Å². The molecule has 0 bridgehead atoms. The van der Waals surface area contributed by atoms with Crippen LogP contribution in [0, 0.1) is 5.92 Å². The van der Waals surface area contributed by atoms with Crippen LogP contribution in [0.4, 0.5) is 0 Å². The number of carbonyl (C=O) groups is 1. The molecule has 1 saturated heterocycles. The minimum absolute atomic E-state index is 0.0752. The van der Waals surface area contributed by atoms with E-state index in [0.29, 0.717) is 6.54 Å². The summed E-state index contributed by atoms with van der Waals surface area (Å²) in [6, 6.07) is 17.8. The highest BCUT2D eigenvalue weighted by Gasteiger charge is 2.24. The van der Waals surface area contributed by atoms with Gasteiger partial charge in [-0.3, -0.25) is 9.69 Å². The van der Waals surface area contributed by atoms with Crippen molar-refractivity contribution in [1.82, 2.24) is 20.2 Å². The third-order valence-corrected chi connectivity index (χ3v) is 5.73. The average Bonchev–Trinajstić information content (AvgIpc) is 2.84. The van der Waals surface area contributed by atoms with Crippen molar-refractivity contribution < 1.29 is 9.53 Å². The smallest absolute Gasteiger partial charge is 0.223 e. The number of nitrogens with zero attached hydrogens (tertiary/aromatic N) is 3. The van der Waals surface area contributed by atoms with Crippen LogP contribution in [-0.4, -0.2) is 41.0 Å². The van der Waals surface area contributed by atoms with E-state index >= 15 is 0 Å². The fourth-order valence-corrected chi connectivity index (χ4v) is 3.86. The molecule has 0 unspecified atom stereocenters. The largest absolute Gasteiger partial charge is 0.497 e. The minimum Gasteiger partial charge on any atom is -0.497 e. The zero-order valence-electron chi connectivity index (χ0n) is 17.8. The number of carbonyl (C=O) groups excluding carboxylic acids is 1. The molecule has 1 aliphatic heterocycles. The molecule has 2 heterocycles. The van der Waals surface area contributed by atoms with Gasteiger partial charge in [-0.2, -0.15) is 0 Å². The number of methoxy groups -OCH3 is 1. The number of likely N-dealkylation sites (tertiary alicyclic amines) is 1. The van der Waals surface area contributed by atoms with Gasteiger partial charge in [-0.25, -0.2) is 9.97 Å². The number of piperidine rings is 1. The van der Waals surface area contributed by atoms with Gasteiger partial charge in [-0.15, -0.1) is 0 Å². The molecule has 0 spiro atoms. The maximum atomic E-state index is 12.6. The molecular weight excluding hydrogens is 388 g/mol. The molecule has 1 aromatic heterocycles. The van der Waals surface area contributed by atoms with Crippen LogP contribution in [0.25, 0.3) is 11.4 Å². The minimum atomic E-state index is 0.0752. The van der Waals surface area contributed by atoms with Gasteiger partial charge < -0.3 is 10.1 Å². The Morgan fingerprint density at radius 3 is 2.32 bits per heavy atom. The second kappa shape index (κ2) is 10.2. The van der Waals surface area contributed by atoms with Crippen LogP contribution in [0.15, 0.2) is 67.0 Å². The summed E-state index contributed by atoms with van der Waals surface area (Å²) < 4.78 is 5.17. The highest BCUT2D eigenvalue weighted by molar-refractivity contribution is 5.78. The summed E-state index contributed by atoms with van der Waals surface area (Å²) in [6.07, 6.45) is 5.56. The molecule has 2 aromatic carbocycles. The van der Waals surface area contributed by atoms with Crippen LogP contribution in [0.3, 0.4) is 0 Å². The Labute approximate surface area is 183 Å². The summed E-state index contributed by atoms with van der Waals surface area (Å²) in [5.74, 6) is 1.79. The van der Waals surface area contributed by atoms with Gasteiger partial charge in [0.2, 0.25) is 5.91 Å². The molecule has 1 N–H and O–H groups in total. The Balaban J connectivity index is 1.22. The first kappa shape index (κ1) is 21.0. The number of rotatable bonds is 7. The van der Waals surface area contributed by atoms with Crippen molar-refractivity contribution in [3.63, 3.8) is 0 Å². The second-order valence-corrected chi connectivity index (χ2v) is 7.90. The zero-order valence-corrected chi connectivity index (χ0v) is 17.8. The summed E-state index contributed by atoms with van der Waals surface area (Å²) in [7, 11) is 1.65. The monoisotopic (exact) mass is 416 g/mol. The molecule has 6 nitrogen and oxygen atoms in total. The van der Waals surface area contributed by atoms with E-state index in [1.165, 1.54) is 0 Å². The highest BCUT2D eigenvalue weighted by Crippen LogP contribution is 2.20. The Hall–Kier alpha value is -3.25. The first-order valence-electron chi connectivity index (χ1n) is 10.7.